The number of carbonyl (C=O) groups is 2. The van der Waals surface area contributed by atoms with Gasteiger partial charge in [-0.25, -0.2) is 0 Å². The Kier molecular flexibility index (Phi) is 5.36. The monoisotopic (exact) mass is 403 g/mol. The fourth-order valence-corrected chi connectivity index (χ4v) is 4.93. The molecule has 1 spiro atoms. The van der Waals surface area contributed by atoms with Crippen molar-refractivity contribution in [1.29, 1.82) is 0 Å². The number of hydrogen-bond acceptors (Lipinski definition) is 3. The van der Waals surface area contributed by atoms with Crippen molar-refractivity contribution in [2.45, 2.75) is 51.6 Å². The molecule has 1 saturated heterocycles. The molecule has 0 radical (unpaired) electrons. The zero-order valence-corrected chi connectivity index (χ0v) is 18.2. The summed E-state index contributed by atoms with van der Waals surface area (Å²) in [7, 11) is 3.51. The van der Waals surface area contributed by atoms with Gasteiger partial charge in [0.15, 0.2) is 0 Å². The molecule has 0 saturated carbocycles. The van der Waals surface area contributed by atoms with Crippen LogP contribution in [0.25, 0.3) is 0 Å². The van der Waals surface area contributed by atoms with Crippen LogP contribution in [0.15, 0.2) is 30.4 Å². The Morgan fingerprint density at radius 3 is 2.57 bits per heavy atom. The van der Waals surface area contributed by atoms with Gasteiger partial charge in [0.1, 0.15) is 0 Å². The summed E-state index contributed by atoms with van der Waals surface area (Å²) in [6.07, 6.45) is 4.70. The first-order valence-corrected chi connectivity index (χ1v) is 10.1. The van der Waals surface area contributed by atoms with E-state index in [1.54, 1.807) is 25.1 Å². The molecule has 1 aromatic carbocycles. The molecule has 2 N–H and O–H groups in total. The second-order valence-electron chi connectivity index (χ2n) is 9.26. The molecule has 5 nitrogen and oxygen atoms in total. The Morgan fingerprint density at radius 2 is 2.00 bits per heavy atom. The van der Waals surface area contributed by atoms with Crippen LogP contribution in [0.1, 0.15) is 39.7 Å². The summed E-state index contributed by atoms with van der Waals surface area (Å²) in [4.78, 5) is 28.2. The zero-order valence-electron chi connectivity index (χ0n) is 17.5. The second-order valence-corrected chi connectivity index (χ2v) is 9.70. The summed E-state index contributed by atoms with van der Waals surface area (Å²) in [5, 5.41) is 7.17. The highest BCUT2D eigenvalue weighted by Gasteiger charge is 2.64. The lowest BCUT2D eigenvalue weighted by atomic mass is 9.64. The Bertz CT molecular complexity index is 828. The van der Waals surface area contributed by atoms with Crippen LogP contribution in [0.3, 0.4) is 0 Å². The molecule has 0 aliphatic carbocycles. The molecule has 152 valence electrons. The SMILES string of the molecule is C/C=C/[C@H]1[C@H](C(=O)N(C)C)N[C@H](CC(C)(C)C)[C@]12C(=O)Nc1cc(Cl)ccc12. The van der Waals surface area contributed by atoms with Gasteiger partial charge in [-0.05, 0) is 36.5 Å². The van der Waals surface area contributed by atoms with Gasteiger partial charge in [0.05, 0.1) is 11.5 Å². The maximum absolute atomic E-state index is 13.5. The number of hydrogen-bond donors (Lipinski definition) is 2. The van der Waals surface area contributed by atoms with Crippen LogP contribution >= 0.6 is 11.6 Å². The number of amides is 2. The van der Waals surface area contributed by atoms with Crippen LogP contribution < -0.4 is 10.6 Å². The number of rotatable bonds is 3. The molecule has 2 amide bonds. The Balaban J connectivity index is 2.23. The highest BCUT2D eigenvalue weighted by atomic mass is 35.5. The lowest BCUT2D eigenvalue weighted by Gasteiger charge is -2.36. The maximum atomic E-state index is 13.5. The van der Waals surface area contributed by atoms with Crippen molar-refractivity contribution >= 4 is 29.1 Å². The molecule has 0 aromatic heterocycles. The molecule has 0 unspecified atom stereocenters. The van der Waals surface area contributed by atoms with Gasteiger partial charge in [0.2, 0.25) is 11.8 Å². The average Bonchev–Trinajstić information content (AvgIpc) is 3.03. The summed E-state index contributed by atoms with van der Waals surface area (Å²) in [5.41, 5.74) is 0.790. The number of allylic oxidation sites excluding steroid dienone is 1. The van der Waals surface area contributed by atoms with E-state index in [1.807, 2.05) is 31.2 Å². The lowest BCUT2D eigenvalue weighted by Crippen LogP contribution is -2.50. The fraction of sp³-hybridized carbons (Fsp3) is 0.545. The van der Waals surface area contributed by atoms with Gasteiger partial charge >= 0.3 is 0 Å². The second kappa shape index (κ2) is 7.20. The third kappa shape index (κ3) is 3.25. The average molecular weight is 404 g/mol. The van der Waals surface area contributed by atoms with Crippen molar-refractivity contribution in [2.75, 3.05) is 19.4 Å². The minimum absolute atomic E-state index is 0.0172. The van der Waals surface area contributed by atoms with E-state index in [0.717, 1.165) is 17.7 Å². The molecule has 6 heteroatoms. The van der Waals surface area contributed by atoms with E-state index < -0.39 is 11.5 Å². The quantitative estimate of drug-likeness (QED) is 0.758. The molecule has 4 atom stereocenters. The molecule has 3 rings (SSSR count). The molecule has 1 aromatic rings. The van der Waals surface area contributed by atoms with Crippen molar-refractivity contribution in [3.63, 3.8) is 0 Å². The van der Waals surface area contributed by atoms with Crippen molar-refractivity contribution in [1.82, 2.24) is 10.2 Å². The van der Waals surface area contributed by atoms with E-state index in [-0.39, 0.29) is 29.2 Å². The first-order valence-electron chi connectivity index (χ1n) is 9.74. The van der Waals surface area contributed by atoms with E-state index in [2.05, 4.69) is 31.4 Å². The van der Waals surface area contributed by atoms with Crippen molar-refractivity contribution < 1.29 is 9.59 Å². The van der Waals surface area contributed by atoms with E-state index in [9.17, 15) is 9.59 Å². The normalized spacial score (nSPS) is 29.4. The third-order valence-corrected chi connectivity index (χ3v) is 6.02. The molecule has 1 fully saturated rings. The maximum Gasteiger partial charge on any atom is 0.239 e. The number of anilines is 1. The van der Waals surface area contributed by atoms with Gasteiger partial charge in [0, 0.05) is 36.8 Å². The number of carbonyl (C=O) groups excluding carboxylic acids is 2. The van der Waals surface area contributed by atoms with E-state index in [4.69, 9.17) is 11.6 Å². The molecule has 0 bridgehead atoms. The molecular weight excluding hydrogens is 374 g/mol. The summed E-state index contributed by atoms with van der Waals surface area (Å²) in [6, 6.07) is 4.91. The van der Waals surface area contributed by atoms with E-state index >= 15 is 0 Å². The van der Waals surface area contributed by atoms with Gasteiger partial charge in [-0.15, -0.1) is 0 Å². The van der Waals surface area contributed by atoms with Crippen LogP contribution in [-0.2, 0) is 15.0 Å². The number of fused-ring (bicyclic) bond motifs is 2. The highest BCUT2D eigenvalue weighted by Crippen LogP contribution is 2.53. The number of likely N-dealkylation sites (N-methyl/N-ethyl adjacent to an activating group) is 1. The van der Waals surface area contributed by atoms with Crippen molar-refractivity contribution in [3.05, 3.63) is 40.9 Å². The van der Waals surface area contributed by atoms with Gasteiger partial charge in [-0.1, -0.05) is 50.6 Å². The highest BCUT2D eigenvalue weighted by molar-refractivity contribution is 6.31. The molecular formula is C22H30ClN3O2. The minimum Gasteiger partial charge on any atom is -0.347 e. The van der Waals surface area contributed by atoms with Crippen LogP contribution in [0.4, 0.5) is 5.69 Å². The molecule has 2 aliphatic heterocycles. The summed E-state index contributed by atoms with van der Waals surface area (Å²) < 4.78 is 0. The van der Waals surface area contributed by atoms with Gasteiger partial charge in [-0.2, -0.15) is 0 Å². The van der Waals surface area contributed by atoms with E-state index in [0.29, 0.717) is 5.02 Å². The van der Waals surface area contributed by atoms with Crippen molar-refractivity contribution in [3.8, 4) is 0 Å². The predicted octanol–water partition coefficient (Wildman–Crippen LogP) is 3.59. The lowest BCUT2D eigenvalue weighted by molar-refractivity contribution is -0.131. The molecule has 2 heterocycles. The standard InChI is InChI=1S/C22H30ClN3O2/c1-7-8-15-18(19(27)26(5)6)25-17(12-21(2,3)4)22(15)14-10-9-13(23)11-16(14)24-20(22)28/h7-11,15,17-18,25H,12H2,1-6H3,(H,24,28)/b8-7+/t15-,17+,18+,22+/m0/s1. The van der Waals surface area contributed by atoms with Crippen molar-refractivity contribution in [2.24, 2.45) is 11.3 Å². The largest absolute Gasteiger partial charge is 0.347 e. The van der Waals surface area contributed by atoms with Crippen LogP contribution in [0, 0.1) is 11.3 Å². The molecule has 28 heavy (non-hydrogen) atoms. The van der Waals surface area contributed by atoms with Crippen LogP contribution in [0.2, 0.25) is 5.02 Å². The fourth-order valence-electron chi connectivity index (χ4n) is 4.76. The van der Waals surface area contributed by atoms with Crippen LogP contribution in [0.5, 0.6) is 0 Å². The van der Waals surface area contributed by atoms with Gasteiger partial charge in [-0.3, -0.25) is 9.59 Å². The number of halogens is 1. The van der Waals surface area contributed by atoms with E-state index in [1.165, 1.54) is 0 Å². The third-order valence-electron chi connectivity index (χ3n) is 5.79. The summed E-state index contributed by atoms with van der Waals surface area (Å²) in [5.74, 6) is -0.375. The van der Waals surface area contributed by atoms with Gasteiger partial charge < -0.3 is 15.5 Å². The summed E-state index contributed by atoms with van der Waals surface area (Å²) in [6.45, 7) is 8.40. The smallest absolute Gasteiger partial charge is 0.239 e. The number of nitrogens with one attached hydrogen (secondary N) is 2. The minimum atomic E-state index is -0.851. The van der Waals surface area contributed by atoms with Gasteiger partial charge in [0.25, 0.3) is 0 Å². The van der Waals surface area contributed by atoms with Crippen LogP contribution in [-0.4, -0.2) is 42.9 Å². The molecule has 2 aliphatic rings. The topological polar surface area (TPSA) is 61.4 Å². The summed E-state index contributed by atoms with van der Waals surface area (Å²) >= 11 is 6.19. The Morgan fingerprint density at radius 1 is 1.32 bits per heavy atom. The number of nitrogens with zero attached hydrogens (tertiary/aromatic N) is 1. The first-order chi connectivity index (χ1) is 13.0. The predicted molar refractivity (Wildman–Crippen MR) is 114 cm³/mol. The number of benzene rings is 1. The Hall–Kier alpha value is -1.85. The zero-order chi connectivity index (χ0) is 20.9. The Labute approximate surface area is 172 Å². The first kappa shape index (κ1) is 20.9.